The third-order valence-electron chi connectivity index (χ3n) is 5.11. The van der Waals surface area contributed by atoms with Crippen LogP contribution in [0.5, 0.6) is 0 Å². The number of hydrogen-bond donors (Lipinski definition) is 2. The first-order valence-electron chi connectivity index (χ1n) is 10.4. The minimum atomic E-state index is 0.202. The first-order valence-corrected chi connectivity index (χ1v) is 11.8. The Balaban J connectivity index is 1.26. The van der Waals surface area contributed by atoms with E-state index in [1.165, 1.54) is 10.5 Å². The van der Waals surface area contributed by atoms with Gasteiger partial charge < -0.3 is 15.5 Å². The Morgan fingerprint density at radius 2 is 1.77 bits per heavy atom. The number of amides is 1. The van der Waals surface area contributed by atoms with Gasteiger partial charge in [0, 0.05) is 41.5 Å². The smallest absolute Gasteiger partial charge is 0.227 e. The lowest BCUT2D eigenvalue weighted by molar-refractivity contribution is -0.117. The molecule has 1 amide bonds. The lowest BCUT2D eigenvalue weighted by Crippen LogP contribution is -2.28. The van der Waals surface area contributed by atoms with E-state index in [-0.39, 0.29) is 5.91 Å². The highest BCUT2D eigenvalue weighted by Crippen LogP contribution is 2.24. The van der Waals surface area contributed by atoms with Crippen LogP contribution in [0.4, 0.5) is 11.4 Å². The average Bonchev–Trinajstić information content (AvgIpc) is 3.24. The zero-order valence-electron chi connectivity index (χ0n) is 17.2. The molecule has 0 radical (unpaired) electrons. The van der Waals surface area contributed by atoms with Crippen LogP contribution in [0.2, 0.25) is 0 Å². The van der Waals surface area contributed by atoms with E-state index in [4.69, 9.17) is 12.2 Å². The Kier molecular flexibility index (Phi) is 7.22. The van der Waals surface area contributed by atoms with Crippen LogP contribution in [0.15, 0.2) is 83.8 Å². The van der Waals surface area contributed by atoms with E-state index in [0.29, 0.717) is 18.1 Å². The van der Waals surface area contributed by atoms with Crippen LogP contribution in [0.1, 0.15) is 24.0 Å². The number of hydrogen-bond acceptors (Lipinski definition) is 3. The molecule has 0 saturated carbocycles. The molecule has 158 valence electrons. The molecule has 1 saturated heterocycles. The number of carbonyl (C=O) groups is 1. The fourth-order valence-corrected chi connectivity index (χ4v) is 4.55. The number of nitrogens with zero attached hydrogens (tertiary/aromatic N) is 1. The Bertz CT molecular complexity index is 1040. The van der Waals surface area contributed by atoms with Gasteiger partial charge in [-0.1, -0.05) is 42.5 Å². The summed E-state index contributed by atoms with van der Waals surface area (Å²) >= 11 is 7.28. The maximum absolute atomic E-state index is 12.0. The lowest BCUT2D eigenvalue weighted by atomic mass is 10.2. The SMILES string of the molecule is O=C1CCCN1c1cccc(CNC(=S)Nc2ccc(CSc3ccccc3)cc2)c1. The van der Waals surface area contributed by atoms with Crippen molar-refractivity contribution in [3.63, 3.8) is 0 Å². The second-order valence-electron chi connectivity index (χ2n) is 7.43. The van der Waals surface area contributed by atoms with Gasteiger partial charge in [-0.25, -0.2) is 0 Å². The summed E-state index contributed by atoms with van der Waals surface area (Å²) in [5.74, 6) is 1.14. The summed E-state index contributed by atoms with van der Waals surface area (Å²) in [5.41, 5.74) is 4.29. The van der Waals surface area contributed by atoms with Crippen molar-refractivity contribution in [1.29, 1.82) is 0 Å². The number of rotatable bonds is 7. The molecule has 2 N–H and O–H groups in total. The van der Waals surface area contributed by atoms with Gasteiger partial charge in [0.25, 0.3) is 0 Å². The van der Waals surface area contributed by atoms with E-state index in [9.17, 15) is 4.79 Å². The van der Waals surface area contributed by atoms with Gasteiger partial charge in [-0.15, -0.1) is 11.8 Å². The highest BCUT2D eigenvalue weighted by atomic mass is 32.2. The zero-order chi connectivity index (χ0) is 21.5. The van der Waals surface area contributed by atoms with E-state index < -0.39 is 0 Å². The van der Waals surface area contributed by atoms with E-state index in [1.807, 2.05) is 40.9 Å². The van der Waals surface area contributed by atoms with Crippen LogP contribution < -0.4 is 15.5 Å². The second-order valence-corrected chi connectivity index (χ2v) is 8.88. The number of carbonyl (C=O) groups excluding carboxylic acids is 1. The predicted octanol–water partition coefficient (Wildman–Crippen LogP) is 5.59. The lowest BCUT2D eigenvalue weighted by Gasteiger charge is -2.17. The summed E-state index contributed by atoms with van der Waals surface area (Å²) in [5, 5.41) is 7.07. The third-order valence-corrected chi connectivity index (χ3v) is 6.44. The quantitative estimate of drug-likeness (QED) is 0.365. The Hall–Kier alpha value is -2.83. The summed E-state index contributed by atoms with van der Waals surface area (Å²) < 4.78 is 0. The molecule has 3 aromatic carbocycles. The first-order chi connectivity index (χ1) is 15.2. The molecule has 1 fully saturated rings. The van der Waals surface area contributed by atoms with Crippen LogP contribution >= 0.6 is 24.0 Å². The first kappa shape index (κ1) is 21.4. The molecule has 6 heteroatoms. The number of benzene rings is 3. The number of thioether (sulfide) groups is 1. The molecule has 3 aromatic rings. The molecule has 1 heterocycles. The van der Waals surface area contributed by atoms with Crippen molar-refractivity contribution in [3.8, 4) is 0 Å². The van der Waals surface area contributed by atoms with Crippen molar-refractivity contribution in [3.05, 3.63) is 90.0 Å². The molecule has 0 atom stereocenters. The molecule has 0 spiro atoms. The summed E-state index contributed by atoms with van der Waals surface area (Å²) in [7, 11) is 0. The molecule has 0 aliphatic carbocycles. The molecule has 0 aromatic heterocycles. The van der Waals surface area contributed by atoms with E-state index >= 15 is 0 Å². The third kappa shape index (κ3) is 6.09. The molecule has 1 aliphatic heterocycles. The van der Waals surface area contributed by atoms with Gasteiger partial charge in [0.2, 0.25) is 5.91 Å². The Labute approximate surface area is 193 Å². The van der Waals surface area contributed by atoms with Crippen LogP contribution in [0, 0.1) is 0 Å². The molecule has 1 aliphatic rings. The second kappa shape index (κ2) is 10.5. The molecule has 4 rings (SSSR count). The van der Waals surface area contributed by atoms with Crippen LogP contribution in [-0.4, -0.2) is 17.6 Å². The maximum Gasteiger partial charge on any atom is 0.227 e. The molecule has 31 heavy (non-hydrogen) atoms. The minimum absolute atomic E-state index is 0.202. The summed E-state index contributed by atoms with van der Waals surface area (Å²) in [4.78, 5) is 15.1. The normalized spacial score (nSPS) is 13.3. The fraction of sp³-hybridized carbons (Fsp3) is 0.200. The standard InChI is InChI=1S/C25H25N3OS2/c29-24-10-5-15-28(24)22-7-4-6-20(16-22)17-26-25(30)27-21-13-11-19(12-14-21)18-31-23-8-2-1-3-9-23/h1-4,6-9,11-14,16H,5,10,15,17-18H2,(H2,26,27,30). The van der Waals surface area contributed by atoms with Gasteiger partial charge in [-0.3, -0.25) is 4.79 Å². The summed E-state index contributed by atoms with van der Waals surface area (Å²) in [6, 6.07) is 26.8. The van der Waals surface area contributed by atoms with Crippen molar-refractivity contribution >= 4 is 46.4 Å². The van der Waals surface area contributed by atoms with E-state index in [0.717, 1.165) is 35.7 Å². The van der Waals surface area contributed by atoms with Crippen molar-refractivity contribution in [1.82, 2.24) is 5.32 Å². The summed E-state index contributed by atoms with van der Waals surface area (Å²) in [6.45, 7) is 1.41. The minimum Gasteiger partial charge on any atom is -0.358 e. The van der Waals surface area contributed by atoms with Crippen LogP contribution in [-0.2, 0) is 17.1 Å². The highest BCUT2D eigenvalue weighted by Gasteiger charge is 2.21. The summed E-state index contributed by atoms with van der Waals surface area (Å²) in [6.07, 6.45) is 1.57. The van der Waals surface area contributed by atoms with Crippen molar-refractivity contribution in [2.45, 2.75) is 30.0 Å². The van der Waals surface area contributed by atoms with Gasteiger partial charge in [0.05, 0.1) is 0 Å². The maximum atomic E-state index is 12.0. The average molecular weight is 448 g/mol. The molecule has 4 nitrogen and oxygen atoms in total. The molecular weight excluding hydrogens is 422 g/mol. The van der Waals surface area contributed by atoms with Gasteiger partial charge >= 0.3 is 0 Å². The van der Waals surface area contributed by atoms with Crippen molar-refractivity contribution in [2.75, 3.05) is 16.8 Å². The predicted molar refractivity (Wildman–Crippen MR) is 134 cm³/mol. The fourth-order valence-electron chi connectivity index (χ4n) is 3.48. The Morgan fingerprint density at radius 3 is 2.52 bits per heavy atom. The largest absolute Gasteiger partial charge is 0.358 e. The number of nitrogens with one attached hydrogen (secondary N) is 2. The molecular formula is C25H25N3OS2. The van der Waals surface area contributed by atoms with Gasteiger partial charge in [-0.2, -0.15) is 0 Å². The van der Waals surface area contributed by atoms with E-state index in [2.05, 4.69) is 65.2 Å². The van der Waals surface area contributed by atoms with Crippen molar-refractivity contribution < 1.29 is 4.79 Å². The number of thiocarbonyl (C=S) groups is 1. The van der Waals surface area contributed by atoms with Gasteiger partial charge in [-0.05, 0) is 66.2 Å². The highest BCUT2D eigenvalue weighted by molar-refractivity contribution is 7.98. The molecule has 0 bridgehead atoms. The van der Waals surface area contributed by atoms with Gasteiger partial charge in [0.15, 0.2) is 5.11 Å². The zero-order valence-corrected chi connectivity index (χ0v) is 18.8. The monoisotopic (exact) mass is 447 g/mol. The Morgan fingerprint density at radius 1 is 0.968 bits per heavy atom. The van der Waals surface area contributed by atoms with Gasteiger partial charge in [0.1, 0.15) is 0 Å². The molecule has 0 unspecified atom stereocenters. The number of anilines is 2. The van der Waals surface area contributed by atoms with Crippen molar-refractivity contribution in [2.24, 2.45) is 0 Å². The van der Waals surface area contributed by atoms with Crippen LogP contribution in [0.25, 0.3) is 0 Å². The topological polar surface area (TPSA) is 44.4 Å². The van der Waals surface area contributed by atoms with E-state index in [1.54, 1.807) is 0 Å². The van der Waals surface area contributed by atoms with Crippen LogP contribution in [0.3, 0.4) is 0 Å².